The first-order valence-electron chi connectivity index (χ1n) is 7.40. The quantitative estimate of drug-likeness (QED) is 0.857. The molecule has 0 spiro atoms. The van der Waals surface area contributed by atoms with Gasteiger partial charge in [0.05, 0.1) is 22.2 Å². The number of nitrogens with zero attached hydrogens (tertiary/aromatic N) is 3. The summed E-state index contributed by atoms with van der Waals surface area (Å²) >= 11 is 11.6. The fourth-order valence-corrected chi connectivity index (χ4v) is 3.10. The Morgan fingerprint density at radius 1 is 1.22 bits per heavy atom. The molecule has 1 aromatic carbocycles. The monoisotopic (exact) mass is 356 g/mol. The van der Waals surface area contributed by atoms with E-state index in [0.717, 1.165) is 44.1 Å². The highest BCUT2D eigenvalue weighted by Gasteiger charge is 2.17. The summed E-state index contributed by atoms with van der Waals surface area (Å²) in [6.07, 6.45) is 4.23. The Kier molecular flexibility index (Phi) is 4.82. The highest BCUT2D eigenvalue weighted by Crippen LogP contribution is 2.24. The van der Waals surface area contributed by atoms with Crippen molar-refractivity contribution in [2.24, 2.45) is 0 Å². The highest BCUT2D eigenvalue weighted by atomic mass is 35.5. The van der Waals surface area contributed by atoms with Crippen LogP contribution < -0.4 is 5.32 Å². The molecule has 1 N–H and O–H groups in total. The lowest BCUT2D eigenvalue weighted by atomic mass is 10.2. The zero-order chi connectivity index (χ0) is 16.4. The topological polar surface area (TPSA) is 59.8 Å². The maximum Gasteiger partial charge on any atom is 0.253 e. The minimum absolute atomic E-state index is 0.0455. The van der Waals surface area contributed by atoms with E-state index in [1.165, 1.54) is 6.07 Å². The van der Waals surface area contributed by atoms with Gasteiger partial charge in [-0.05, 0) is 25.0 Å². The molecule has 0 atom stereocenters. The minimum atomic E-state index is -0.683. The van der Waals surface area contributed by atoms with Gasteiger partial charge in [-0.25, -0.2) is 4.39 Å². The SMILES string of the molecule is O=C(NCc1nnc2n1CCCCC2)c1cc(F)c(Cl)cc1Cl. The van der Waals surface area contributed by atoms with E-state index < -0.39 is 11.7 Å². The van der Waals surface area contributed by atoms with E-state index in [1.54, 1.807) is 0 Å². The largest absolute Gasteiger partial charge is 0.345 e. The van der Waals surface area contributed by atoms with Gasteiger partial charge in [-0.3, -0.25) is 4.79 Å². The molecule has 1 aromatic heterocycles. The number of carbonyl (C=O) groups excluding carboxylic acids is 1. The first kappa shape index (κ1) is 16.2. The minimum Gasteiger partial charge on any atom is -0.345 e. The molecule has 1 aliphatic heterocycles. The van der Waals surface area contributed by atoms with Crippen LogP contribution in [0.4, 0.5) is 4.39 Å². The third-order valence-electron chi connectivity index (χ3n) is 3.85. The number of halogens is 3. The number of benzene rings is 1. The third kappa shape index (κ3) is 3.48. The summed E-state index contributed by atoms with van der Waals surface area (Å²) in [6, 6.07) is 2.25. The van der Waals surface area contributed by atoms with E-state index in [1.807, 2.05) is 4.57 Å². The van der Waals surface area contributed by atoms with Gasteiger partial charge in [0.15, 0.2) is 5.82 Å². The predicted molar refractivity (Wildman–Crippen MR) is 85.2 cm³/mol. The van der Waals surface area contributed by atoms with Crippen LogP contribution in [0.15, 0.2) is 12.1 Å². The summed E-state index contributed by atoms with van der Waals surface area (Å²) in [5.41, 5.74) is 0.0455. The number of rotatable bonds is 3. The van der Waals surface area contributed by atoms with Crippen molar-refractivity contribution in [1.82, 2.24) is 20.1 Å². The summed E-state index contributed by atoms with van der Waals surface area (Å²) in [5, 5.41) is 11.0. The van der Waals surface area contributed by atoms with Gasteiger partial charge in [0.1, 0.15) is 11.6 Å². The Morgan fingerprint density at radius 2 is 2.04 bits per heavy atom. The molecule has 0 radical (unpaired) electrons. The molecule has 8 heteroatoms. The van der Waals surface area contributed by atoms with Crippen LogP contribution in [0.25, 0.3) is 0 Å². The van der Waals surface area contributed by atoms with E-state index >= 15 is 0 Å². The second-order valence-corrected chi connectivity index (χ2v) is 6.24. The number of nitrogens with one attached hydrogen (secondary N) is 1. The number of fused-ring (bicyclic) bond motifs is 1. The third-order valence-corrected chi connectivity index (χ3v) is 4.45. The summed E-state index contributed by atoms with van der Waals surface area (Å²) in [4.78, 5) is 12.2. The molecule has 122 valence electrons. The Bertz CT molecular complexity index is 747. The summed E-state index contributed by atoms with van der Waals surface area (Å²) in [6.45, 7) is 1.07. The van der Waals surface area contributed by atoms with Crippen LogP contribution in [0.2, 0.25) is 10.0 Å². The predicted octanol–water partition coefficient (Wildman–Crippen LogP) is 3.38. The molecule has 0 unspecified atom stereocenters. The van der Waals surface area contributed by atoms with Gasteiger partial charge in [-0.15, -0.1) is 10.2 Å². The van der Waals surface area contributed by atoms with Crippen LogP contribution in [0.5, 0.6) is 0 Å². The normalized spacial score (nSPS) is 14.2. The molecule has 5 nitrogen and oxygen atoms in total. The van der Waals surface area contributed by atoms with Crippen molar-refractivity contribution in [1.29, 1.82) is 0 Å². The van der Waals surface area contributed by atoms with Crippen LogP contribution in [0.1, 0.15) is 41.3 Å². The molecular formula is C15H15Cl2FN4O. The second kappa shape index (κ2) is 6.84. The molecule has 0 saturated carbocycles. The van der Waals surface area contributed by atoms with Gasteiger partial charge >= 0.3 is 0 Å². The lowest BCUT2D eigenvalue weighted by molar-refractivity contribution is 0.0949. The van der Waals surface area contributed by atoms with Gasteiger partial charge in [0.25, 0.3) is 5.91 Å². The van der Waals surface area contributed by atoms with Gasteiger partial charge in [-0.2, -0.15) is 0 Å². The number of carbonyl (C=O) groups is 1. The van der Waals surface area contributed by atoms with Crippen LogP contribution >= 0.6 is 23.2 Å². The maximum absolute atomic E-state index is 13.5. The fraction of sp³-hybridized carbons (Fsp3) is 0.400. The van der Waals surface area contributed by atoms with E-state index in [9.17, 15) is 9.18 Å². The van der Waals surface area contributed by atoms with Crippen molar-refractivity contribution >= 4 is 29.1 Å². The van der Waals surface area contributed by atoms with Gasteiger partial charge < -0.3 is 9.88 Å². The van der Waals surface area contributed by atoms with Crippen LogP contribution in [0, 0.1) is 5.82 Å². The lowest BCUT2D eigenvalue weighted by Crippen LogP contribution is -2.25. The zero-order valence-electron chi connectivity index (χ0n) is 12.3. The molecule has 3 rings (SSSR count). The van der Waals surface area contributed by atoms with Crippen LogP contribution in [-0.4, -0.2) is 20.7 Å². The molecule has 1 amide bonds. The molecular weight excluding hydrogens is 342 g/mol. The average Bonchev–Trinajstić information content (AvgIpc) is 2.75. The fourth-order valence-electron chi connectivity index (χ4n) is 2.63. The van der Waals surface area contributed by atoms with E-state index in [0.29, 0.717) is 5.82 Å². The average molecular weight is 357 g/mol. The van der Waals surface area contributed by atoms with Gasteiger partial charge in [-0.1, -0.05) is 29.6 Å². The standard InChI is InChI=1S/C15H15Cl2FN4O/c16-10-7-11(17)12(18)6-9(10)15(23)19-8-14-21-20-13-4-2-1-3-5-22(13)14/h6-7H,1-5,8H2,(H,19,23). The van der Waals surface area contributed by atoms with Crippen molar-refractivity contribution in [3.63, 3.8) is 0 Å². The maximum atomic E-state index is 13.5. The van der Waals surface area contributed by atoms with E-state index in [2.05, 4.69) is 15.5 Å². The second-order valence-electron chi connectivity index (χ2n) is 5.42. The Hall–Kier alpha value is -1.66. The summed E-state index contributed by atoms with van der Waals surface area (Å²) < 4.78 is 15.5. The summed E-state index contributed by atoms with van der Waals surface area (Å²) in [5.74, 6) is 0.484. The number of amides is 1. The summed E-state index contributed by atoms with van der Waals surface area (Å²) in [7, 11) is 0. The van der Waals surface area contributed by atoms with Crippen molar-refractivity contribution in [3.8, 4) is 0 Å². The molecule has 0 aliphatic carbocycles. The van der Waals surface area contributed by atoms with Crippen LogP contribution in [0.3, 0.4) is 0 Å². The van der Waals surface area contributed by atoms with Crippen LogP contribution in [-0.2, 0) is 19.5 Å². The molecule has 0 bridgehead atoms. The van der Waals surface area contributed by atoms with E-state index in [4.69, 9.17) is 23.2 Å². The molecule has 1 aliphatic rings. The first-order chi connectivity index (χ1) is 11.1. The Morgan fingerprint density at radius 3 is 2.87 bits per heavy atom. The highest BCUT2D eigenvalue weighted by molar-refractivity contribution is 6.36. The molecule has 2 aromatic rings. The zero-order valence-corrected chi connectivity index (χ0v) is 13.8. The first-order valence-corrected chi connectivity index (χ1v) is 8.15. The Labute approximate surface area is 142 Å². The molecule has 0 fully saturated rings. The number of aromatic nitrogens is 3. The molecule has 2 heterocycles. The van der Waals surface area contributed by atoms with Gasteiger partial charge in [0.2, 0.25) is 0 Å². The van der Waals surface area contributed by atoms with E-state index in [-0.39, 0.29) is 22.2 Å². The number of hydrogen-bond donors (Lipinski definition) is 1. The van der Waals surface area contributed by atoms with Crippen molar-refractivity contribution < 1.29 is 9.18 Å². The van der Waals surface area contributed by atoms with Gasteiger partial charge in [0, 0.05) is 13.0 Å². The number of hydrogen-bond acceptors (Lipinski definition) is 3. The lowest BCUT2D eigenvalue weighted by Gasteiger charge is -2.09. The smallest absolute Gasteiger partial charge is 0.253 e. The molecule has 0 saturated heterocycles. The Balaban J connectivity index is 1.73. The van der Waals surface area contributed by atoms with Crippen molar-refractivity contribution in [3.05, 3.63) is 45.2 Å². The molecule has 23 heavy (non-hydrogen) atoms. The van der Waals surface area contributed by atoms with Crippen molar-refractivity contribution in [2.75, 3.05) is 0 Å². The number of aryl methyl sites for hydroxylation is 1. The van der Waals surface area contributed by atoms with Crippen molar-refractivity contribution in [2.45, 2.75) is 38.8 Å².